The van der Waals surface area contributed by atoms with E-state index in [0.717, 1.165) is 34.1 Å². The number of carbonyl (C=O) groups excluding carboxylic acids is 2. The van der Waals surface area contributed by atoms with Crippen LogP contribution >= 0.6 is 0 Å². The zero-order valence-corrected chi connectivity index (χ0v) is 19.4. The molecule has 6 nitrogen and oxygen atoms in total. The molecule has 1 aromatic heterocycles. The summed E-state index contributed by atoms with van der Waals surface area (Å²) in [5, 5.41) is 0.949. The van der Waals surface area contributed by atoms with Crippen molar-refractivity contribution in [2.24, 2.45) is 5.73 Å². The standard InChI is InChI=1S/C28H28N2O4/c1-3-25-24(16-27(29)31)23-15-21(34-18-20-11-7-8-12-22(20)28(32)33-2)13-14-26(23)30(25)17-19-9-5-4-6-10-19/h4-15H,3,16-18H2,1-2H3,(H2,29,31). The molecule has 4 aromatic rings. The summed E-state index contributed by atoms with van der Waals surface area (Å²) in [7, 11) is 1.36. The molecule has 4 rings (SSSR count). The van der Waals surface area contributed by atoms with Crippen molar-refractivity contribution in [3.63, 3.8) is 0 Å². The Morgan fingerprint density at radius 2 is 1.71 bits per heavy atom. The highest BCUT2D eigenvalue weighted by Gasteiger charge is 2.19. The lowest BCUT2D eigenvalue weighted by atomic mass is 10.1. The first kappa shape index (κ1) is 23.1. The second-order valence-electron chi connectivity index (χ2n) is 8.11. The lowest BCUT2D eigenvalue weighted by molar-refractivity contribution is -0.117. The van der Waals surface area contributed by atoms with Gasteiger partial charge in [-0.2, -0.15) is 0 Å². The molecule has 0 saturated carbocycles. The fraction of sp³-hybridized carbons (Fsp3) is 0.214. The summed E-state index contributed by atoms with van der Waals surface area (Å²) in [6, 6.07) is 23.3. The van der Waals surface area contributed by atoms with Gasteiger partial charge < -0.3 is 19.8 Å². The fourth-order valence-electron chi connectivity index (χ4n) is 4.38. The maximum atomic E-state index is 12.1. The van der Waals surface area contributed by atoms with Crippen LogP contribution in [0.15, 0.2) is 72.8 Å². The van der Waals surface area contributed by atoms with Crippen LogP contribution in [0.4, 0.5) is 0 Å². The average Bonchev–Trinajstić information content (AvgIpc) is 3.14. The van der Waals surface area contributed by atoms with Crippen molar-refractivity contribution >= 4 is 22.8 Å². The van der Waals surface area contributed by atoms with Gasteiger partial charge in [0.1, 0.15) is 12.4 Å². The zero-order valence-electron chi connectivity index (χ0n) is 19.4. The van der Waals surface area contributed by atoms with Gasteiger partial charge in [0.25, 0.3) is 0 Å². The highest BCUT2D eigenvalue weighted by Crippen LogP contribution is 2.32. The number of amides is 1. The van der Waals surface area contributed by atoms with Crippen LogP contribution in [0.1, 0.15) is 39.7 Å². The molecular formula is C28H28N2O4. The van der Waals surface area contributed by atoms with Gasteiger partial charge in [0, 0.05) is 28.7 Å². The van der Waals surface area contributed by atoms with Gasteiger partial charge >= 0.3 is 5.97 Å². The Kier molecular flexibility index (Phi) is 6.97. The summed E-state index contributed by atoms with van der Waals surface area (Å²) < 4.78 is 13.2. The number of hydrogen-bond donors (Lipinski definition) is 1. The number of aromatic nitrogens is 1. The molecule has 3 aromatic carbocycles. The minimum atomic E-state index is -0.399. The van der Waals surface area contributed by atoms with Crippen molar-refractivity contribution in [3.8, 4) is 5.75 Å². The lowest BCUT2D eigenvalue weighted by Crippen LogP contribution is -2.15. The number of methoxy groups -OCH3 is 1. The molecule has 1 heterocycles. The number of rotatable bonds is 9. The highest BCUT2D eigenvalue weighted by molar-refractivity contribution is 5.92. The second-order valence-corrected chi connectivity index (χ2v) is 8.11. The third-order valence-electron chi connectivity index (χ3n) is 5.94. The first-order valence-corrected chi connectivity index (χ1v) is 11.3. The summed E-state index contributed by atoms with van der Waals surface area (Å²) in [4.78, 5) is 24.0. The molecule has 34 heavy (non-hydrogen) atoms. The Balaban J connectivity index is 1.71. The molecule has 0 aliphatic carbocycles. The molecule has 1 amide bonds. The molecule has 0 aliphatic rings. The number of benzene rings is 3. The molecule has 0 saturated heterocycles. The van der Waals surface area contributed by atoms with E-state index in [-0.39, 0.29) is 18.9 Å². The SMILES string of the molecule is CCc1c(CC(N)=O)c2cc(OCc3ccccc3C(=O)OC)ccc2n1Cc1ccccc1. The molecule has 0 unspecified atom stereocenters. The quantitative estimate of drug-likeness (QED) is 0.372. The van der Waals surface area contributed by atoms with E-state index in [2.05, 4.69) is 23.6 Å². The van der Waals surface area contributed by atoms with Gasteiger partial charge in [-0.1, -0.05) is 55.5 Å². The van der Waals surface area contributed by atoms with E-state index < -0.39 is 5.97 Å². The molecular weight excluding hydrogens is 428 g/mol. The van der Waals surface area contributed by atoms with E-state index in [4.69, 9.17) is 15.2 Å². The number of primary amides is 1. The molecule has 0 radical (unpaired) electrons. The van der Waals surface area contributed by atoms with Crippen molar-refractivity contribution < 1.29 is 19.1 Å². The van der Waals surface area contributed by atoms with Crippen LogP contribution in [0, 0.1) is 0 Å². The molecule has 0 spiro atoms. The number of esters is 1. The molecule has 0 atom stereocenters. The zero-order chi connectivity index (χ0) is 24.1. The van der Waals surface area contributed by atoms with E-state index in [1.807, 2.05) is 48.5 Å². The summed E-state index contributed by atoms with van der Waals surface area (Å²) in [5.74, 6) is -0.117. The van der Waals surface area contributed by atoms with Crippen molar-refractivity contribution in [3.05, 3.63) is 101 Å². The number of ether oxygens (including phenoxy) is 2. The van der Waals surface area contributed by atoms with Gasteiger partial charge in [0.05, 0.1) is 19.1 Å². The molecule has 174 valence electrons. The van der Waals surface area contributed by atoms with Crippen molar-refractivity contribution in [2.45, 2.75) is 32.9 Å². The maximum Gasteiger partial charge on any atom is 0.338 e. The first-order valence-electron chi connectivity index (χ1n) is 11.3. The summed E-state index contributed by atoms with van der Waals surface area (Å²) in [6.45, 7) is 3.00. The first-order chi connectivity index (χ1) is 16.5. The van der Waals surface area contributed by atoms with Crippen LogP contribution in [-0.4, -0.2) is 23.6 Å². The normalized spacial score (nSPS) is 10.9. The molecule has 6 heteroatoms. The van der Waals surface area contributed by atoms with Crippen molar-refractivity contribution in [1.29, 1.82) is 0 Å². The van der Waals surface area contributed by atoms with Gasteiger partial charge in [-0.3, -0.25) is 4.79 Å². The summed E-state index contributed by atoms with van der Waals surface area (Å²) >= 11 is 0. The summed E-state index contributed by atoms with van der Waals surface area (Å²) in [6.07, 6.45) is 0.933. The van der Waals surface area contributed by atoms with E-state index >= 15 is 0 Å². The van der Waals surface area contributed by atoms with E-state index in [9.17, 15) is 9.59 Å². The van der Waals surface area contributed by atoms with Crippen LogP contribution in [0.2, 0.25) is 0 Å². The van der Waals surface area contributed by atoms with Crippen LogP contribution < -0.4 is 10.5 Å². The largest absolute Gasteiger partial charge is 0.489 e. The fourth-order valence-corrected chi connectivity index (χ4v) is 4.38. The third kappa shape index (κ3) is 4.81. The second kappa shape index (κ2) is 10.3. The van der Waals surface area contributed by atoms with E-state index in [1.165, 1.54) is 12.7 Å². The van der Waals surface area contributed by atoms with Gasteiger partial charge in [-0.05, 0) is 41.8 Å². The lowest BCUT2D eigenvalue weighted by Gasteiger charge is -2.12. The monoisotopic (exact) mass is 456 g/mol. The smallest absolute Gasteiger partial charge is 0.338 e. The predicted molar refractivity (Wildman–Crippen MR) is 132 cm³/mol. The Hall–Kier alpha value is -4.06. The molecule has 0 bridgehead atoms. The minimum absolute atomic E-state index is 0.163. The topological polar surface area (TPSA) is 83.6 Å². The van der Waals surface area contributed by atoms with Crippen LogP contribution in [0.3, 0.4) is 0 Å². The molecule has 2 N–H and O–H groups in total. The Morgan fingerprint density at radius 3 is 2.41 bits per heavy atom. The van der Waals surface area contributed by atoms with E-state index in [1.54, 1.807) is 12.1 Å². The number of nitrogens with two attached hydrogens (primary N) is 1. The highest BCUT2D eigenvalue weighted by atomic mass is 16.5. The average molecular weight is 457 g/mol. The van der Waals surface area contributed by atoms with Crippen molar-refractivity contribution in [2.75, 3.05) is 7.11 Å². The van der Waals surface area contributed by atoms with Gasteiger partial charge in [0.2, 0.25) is 5.91 Å². The Bertz CT molecular complexity index is 1330. The molecule has 0 aliphatic heterocycles. The summed E-state index contributed by atoms with van der Waals surface area (Å²) in [5.41, 5.74) is 11.0. The number of fused-ring (bicyclic) bond motifs is 1. The Labute approximate surface area is 198 Å². The van der Waals surface area contributed by atoms with Gasteiger partial charge in [0.15, 0.2) is 0 Å². The third-order valence-corrected chi connectivity index (χ3v) is 5.94. The minimum Gasteiger partial charge on any atom is -0.489 e. The molecule has 0 fully saturated rings. The van der Waals surface area contributed by atoms with Crippen LogP contribution in [0.5, 0.6) is 5.75 Å². The van der Waals surface area contributed by atoms with Gasteiger partial charge in [-0.25, -0.2) is 4.79 Å². The van der Waals surface area contributed by atoms with Gasteiger partial charge in [-0.15, -0.1) is 0 Å². The number of hydrogen-bond acceptors (Lipinski definition) is 4. The number of nitrogens with zero attached hydrogens (tertiary/aromatic N) is 1. The van der Waals surface area contributed by atoms with E-state index in [0.29, 0.717) is 17.9 Å². The predicted octanol–water partition coefficient (Wildman–Crippen LogP) is 4.65. The Morgan fingerprint density at radius 1 is 0.971 bits per heavy atom. The van der Waals surface area contributed by atoms with Crippen LogP contribution in [0.25, 0.3) is 10.9 Å². The maximum absolute atomic E-state index is 12.1. The van der Waals surface area contributed by atoms with Crippen LogP contribution in [-0.2, 0) is 35.5 Å². The number of carbonyl (C=O) groups is 2. The van der Waals surface area contributed by atoms with Crippen molar-refractivity contribution in [1.82, 2.24) is 4.57 Å².